The molecule has 12 heteroatoms. The highest BCUT2D eigenvalue weighted by Crippen LogP contribution is 2.31. The summed E-state index contributed by atoms with van der Waals surface area (Å²) in [6, 6.07) is 9.35. The molecule has 3 rings (SSSR count). The van der Waals surface area contributed by atoms with Crippen LogP contribution in [0.2, 0.25) is 0 Å². The third kappa shape index (κ3) is 6.94. The standard InChI is InChI=1S/C22H25F3N4O4S/c23-22(24,25)19-10-3-2-9-18(19)20(30)26-12-11-16-7-6-8-17(15-16)34(32,33)28-21(31)27-29-13-4-1-5-14-29/h2-3,6-10,15H,1,4-5,11-14H2,(H,26,30)(H2,27,28,31). The van der Waals surface area contributed by atoms with Crippen molar-refractivity contribution in [1.82, 2.24) is 20.5 Å². The molecule has 184 valence electrons. The van der Waals surface area contributed by atoms with Crippen LogP contribution in [0.3, 0.4) is 0 Å². The van der Waals surface area contributed by atoms with Crippen LogP contribution in [0.1, 0.15) is 40.7 Å². The third-order valence-electron chi connectivity index (χ3n) is 5.23. The van der Waals surface area contributed by atoms with E-state index >= 15 is 0 Å². The number of piperidine rings is 1. The minimum absolute atomic E-state index is 0.0165. The van der Waals surface area contributed by atoms with E-state index in [4.69, 9.17) is 0 Å². The van der Waals surface area contributed by atoms with Crippen molar-refractivity contribution in [2.24, 2.45) is 0 Å². The summed E-state index contributed by atoms with van der Waals surface area (Å²) in [7, 11) is -4.14. The maximum absolute atomic E-state index is 13.1. The zero-order chi connectivity index (χ0) is 24.8. The van der Waals surface area contributed by atoms with Crippen molar-refractivity contribution in [2.75, 3.05) is 19.6 Å². The van der Waals surface area contributed by atoms with E-state index in [2.05, 4.69) is 10.7 Å². The second-order valence-corrected chi connectivity index (χ2v) is 9.47. The molecule has 0 atom stereocenters. The lowest BCUT2D eigenvalue weighted by molar-refractivity contribution is -0.137. The van der Waals surface area contributed by atoms with Crippen molar-refractivity contribution in [3.05, 3.63) is 65.2 Å². The zero-order valence-corrected chi connectivity index (χ0v) is 19.0. The number of alkyl halides is 3. The van der Waals surface area contributed by atoms with Crippen LogP contribution in [0.5, 0.6) is 0 Å². The first-order valence-corrected chi connectivity index (χ1v) is 12.2. The number of hydrogen-bond donors (Lipinski definition) is 3. The molecule has 1 aliphatic heterocycles. The highest BCUT2D eigenvalue weighted by molar-refractivity contribution is 7.90. The molecule has 0 saturated carbocycles. The molecule has 8 nitrogen and oxygen atoms in total. The van der Waals surface area contributed by atoms with Gasteiger partial charge in [0.2, 0.25) is 0 Å². The van der Waals surface area contributed by atoms with Crippen LogP contribution in [-0.2, 0) is 22.6 Å². The summed E-state index contributed by atoms with van der Waals surface area (Å²) in [4.78, 5) is 24.2. The first-order chi connectivity index (χ1) is 16.1. The summed E-state index contributed by atoms with van der Waals surface area (Å²) in [6.07, 6.45) is -1.62. The third-order valence-corrected chi connectivity index (χ3v) is 6.56. The van der Waals surface area contributed by atoms with E-state index in [1.54, 1.807) is 11.1 Å². The Labute approximate surface area is 195 Å². The number of amides is 3. The number of sulfonamides is 1. The van der Waals surface area contributed by atoms with Gasteiger partial charge in [-0.2, -0.15) is 13.2 Å². The SMILES string of the molecule is O=C(NN1CCCCC1)NS(=O)(=O)c1cccc(CCNC(=O)c2ccccc2C(F)(F)F)c1. The fraction of sp³-hybridized carbons (Fsp3) is 0.364. The Morgan fingerprint density at radius 2 is 1.68 bits per heavy atom. The van der Waals surface area contributed by atoms with E-state index in [9.17, 15) is 31.2 Å². The summed E-state index contributed by atoms with van der Waals surface area (Å²) in [6.45, 7) is 1.27. The maximum atomic E-state index is 13.1. The average Bonchev–Trinajstić information content (AvgIpc) is 2.79. The van der Waals surface area contributed by atoms with Gasteiger partial charge in [0, 0.05) is 19.6 Å². The van der Waals surface area contributed by atoms with Gasteiger partial charge in [-0.25, -0.2) is 22.9 Å². The second-order valence-electron chi connectivity index (χ2n) is 7.79. The molecule has 0 bridgehead atoms. The van der Waals surface area contributed by atoms with Crippen LogP contribution in [0.25, 0.3) is 0 Å². The molecular weight excluding hydrogens is 473 g/mol. The van der Waals surface area contributed by atoms with Crippen LogP contribution in [0, 0.1) is 0 Å². The normalized spacial score (nSPS) is 14.9. The van der Waals surface area contributed by atoms with Gasteiger partial charge in [0.15, 0.2) is 0 Å². The van der Waals surface area contributed by atoms with Crippen LogP contribution in [0.4, 0.5) is 18.0 Å². The number of nitrogens with zero attached hydrogens (tertiary/aromatic N) is 1. The molecule has 1 fully saturated rings. The fourth-order valence-electron chi connectivity index (χ4n) is 3.57. The van der Waals surface area contributed by atoms with Crippen LogP contribution in [-0.4, -0.2) is 45.0 Å². The maximum Gasteiger partial charge on any atom is 0.417 e. The average molecular weight is 499 g/mol. The number of benzene rings is 2. The van der Waals surface area contributed by atoms with Gasteiger partial charge < -0.3 is 5.32 Å². The Hall–Kier alpha value is -3.12. The fourth-order valence-corrected chi connectivity index (χ4v) is 4.54. The topological polar surface area (TPSA) is 108 Å². The Morgan fingerprint density at radius 3 is 2.38 bits per heavy atom. The van der Waals surface area contributed by atoms with Crippen molar-refractivity contribution < 1.29 is 31.2 Å². The van der Waals surface area contributed by atoms with Crippen molar-refractivity contribution in [1.29, 1.82) is 0 Å². The van der Waals surface area contributed by atoms with E-state index in [1.807, 2.05) is 4.72 Å². The Kier molecular flexibility index (Phi) is 8.15. The van der Waals surface area contributed by atoms with E-state index in [1.165, 1.54) is 30.3 Å². The van der Waals surface area contributed by atoms with Crippen molar-refractivity contribution in [2.45, 2.75) is 36.8 Å². The summed E-state index contributed by atoms with van der Waals surface area (Å²) >= 11 is 0. The first-order valence-electron chi connectivity index (χ1n) is 10.7. The summed E-state index contributed by atoms with van der Waals surface area (Å²) in [5.74, 6) is -0.882. The molecular formula is C22H25F3N4O4S. The molecule has 0 aliphatic carbocycles. The number of urea groups is 1. The molecule has 0 spiro atoms. The van der Waals surface area contributed by atoms with Crippen molar-refractivity contribution >= 4 is 22.0 Å². The summed E-state index contributed by atoms with van der Waals surface area (Å²) < 4.78 is 66.4. The summed E-state index contributed by atoms with van der Waals surface area (Å²) in [5, 5.41) is 4.08. The van der Waals surface area contributed by atoms with Gasteiger partial charge in [0.1, 0.15) is 0 Å². The molecule has 0 radical (unpaired) electrons. The smallest absolute Gasteiger partial charge is 0.352 e. The Balaban J connectivity index is 1.58. The minimum Gasteiger partial charge on any atom is -0.352 e. The molecule has 3 amide bonds. The van der Waals surface area contributed by atoms with E-state index in [0.29, 0.717) is 18.7 Å². The van der Waals surface area contributed by atoms with Gasteiger partial charge in [0.05, 0.1) is 16.0 Å². The Bertz CT molecular complexity index is 1130. The van der Waals surface area contributed by atoms with Gasteiger partial charge in [-0.1, -0.05) is 30.7 Å². The largest absolute Gasteiger partial charge is 0.417 e. The lowest BCUT2D eigenvalue weighted by Gasteiger charge is -2.26. The van der Waals surface area contributed by atoms with Gasteiger partial charge in [0.25, 0.3) is 15.9 Å². The molecule has 1 saturated heterocycles. The van der Waals surface area contributed by atoms with Gasteiger partial charge in [-0.05, 0) is 49.1 Å². The molecule has 0 aromatic heterocycles. The molecule has 2 aromatic rings. The highest BCUT2D eigenvalue weighted by Gasteiger charge is 2.34. The number of halogens is 3. The number of hydrogen-bond acceptors (Lipinski definition) is 5. The molecule has 1 heterocycles. The predicted octanol–water partition coefficient (Wildman–Crippen LogP) is 3.07. The van der Waals surface area contributed by atoms with Crippen LogP contribution < -0.4 is 15.5 Å². The van der Waals surface area contributed by atoms with Crippen LogP contribution >= 0.6 is 0 Å². The monoisotopic (exact) mass is 498 g/mol. The Morgan fingerprint density at radius 1 is 0.971 bits per heavy atom. The van der Waals surface area contributed by atoms with E-state index in [0.717, 1.165) is 31.4 Å². The minimum atomic E-state index is -4.66. The van der Waals surface area contributed by atoms with Gasteiger partial charge in [-0.3, -0.25) is 10.2 Å². The van der Waals surface area contributed by atoms with Gasteiger partial charge in [-0.15, -0.1) is 0 Å². The number of carbonyl (C=O) groups excluding carboxylic acids is 2. The highest BCUT2D eigenvalue weighted by atomic mass is 32.2. The van der Waals surface area contributed by atoms with Crippen molar-refractivity contribution in [3.63, 3.8) is 0 Å². The quantitative estimate of drug-likeness (QED) is 0.544. The second kappa shape index (κ2) is 10.9. The number of nitrogens with one attached hydrogen (secondary N) is 3. The lowest BCUT2D eigenvalue weighted by Crippen LogP contribution is -2.50. The number of rotatable bonds is 7. The van der Waals surface area contributed by atoms with Crippen LogP contribution in [0.15, 0.2) is 53.4 Å². The zero-order valence-electron chi connectivity index (χ0n) is 18.2. The van der Waals surface area contributed by atoms with Crippen molar-refractivity contribution in [3.8, 4) is 0 Å². The van der Waals surface area contributed by atoms with E-state index < -0.39 is 39.3 Å². The lowest BCUT2D eigenvalue weighted by atomic mass is 10.1. The number of hydrazine groups is 1. The van der Waals surface area contributed by atoms with Gasteiger partial charge >= 0.3 is 12.2 Å². The summed E-state index contributed by atoms with van der Waals surface area (Å²) in [5.41, 5.74) is 1.51. The first kappa shape index (κ1) is 25.5. The molecule has 3 N–H and O–H groups in total. The predicted molar refractivity (Wildman–Crippen MR) is 118 cm³/mol. The molecule has 1 aliphatic rings. The molecule has 34 heavy (non-hydrogen) atoms. The molecule has 0 unspecified atom stereocenters. The number of carbonyl (C=O) groups is 2. The van der Waals surface area contributed by atoms with E-state index in [-0.39, 0.29) is 17.9 Å². The molecule has 2 aromatic carbocycles.